The van der Waals surface area contributed by atoms with Crippen LogP contribution in [-0.2, 0) is 0 Å². The van der Waals surface area contributed by atoms with E-state index in [-0.39, 0.29) is 0 Å². The van der Waals surface area contributed by atoms with Gasteiger partial charge in [-0.15, -0.1) is 0 Å². The molecule has 3 heteroatoms. The molecule has 0 radical (unpaired) electrons. The number of nitrogens with one attached hydrogen (secondary N) is 1. The van der Waals surface area contributed by atoms with E-state index in [4.69, 9.17) is 5.84 Å². The van der Waals surface area contributed by atoms with Crippen LogP contribution in [0.1, 0.15) is 20.3 Å². The van der Waals surface area contributed by atoms with Gasteiger partial charge in [-0.1, -0.05) is 13.8 Å². The van der Waals surface area contributed by atoms with Crippen LogP contribution in [-0.4, -0.2) is 18.5 Å². The topological polar surface area (TPSA) is 52.3 Å². The molecule has 0 heterocycles. The molecule has 1 aliphatic carbocycles. The number of hydrogen-bond acceptors (Lipinski definition) is 2. The van der Waals surface area contributed by atoms with Gasteiger partial charge in [0.1, 0.15) is 12.8 Å². The van der Waals surface area contributed by atoms with Gasteiger partial charge in [0.15, 0.2) is 0 Å². The van der Waals surface area contributed by atoms with E-state index in [0.717, 1.165) is 12.1 Å². The lowest BCUT2D eigenvalue weighted by Crippen LogP contribution is -2.70. The standard InChI is InChI=1S/C8H15N3/c1-5-4-6(2)8(11-9)7(5)10-3/h5-6H,4,9H2,1-3H3/p+1. The summed E-state index contributed by atoms with van der Waals surface area (Å²) in [6.45, 7) is 4.35. The van der Waals surface area contributed by atoms with Crippen LogP contribution in [0.3, 0.4) is 0 Å². The largest absolute Gasteiger partial charge is 0.323 e. The van der Waals surface area contributed by atoms with Gasteiger partial charge in [-0.25, -0.2) is 4.99 Å². The van der Waals surface area contributed by atoms with E-state index in [0.29, 0.717) is 11.8 Å². The summed E-state index contributed by atoms with van der Waals surface area (Å²) in [5.74, 6) is 6.37. The van der Waals surface area contributed by atoms with E-state index in [9.17, 15) is 0 Å². The molecule has 0 amide bonds. The van der Waals surface area contributed by atoms with Gasteiger partial charge in [-0.05, 0) is 6.42 Å². The van der Waals surface area contributed by atoms with Crippen molar-refractivity contribution in [3.63, 3.8) is 0 Å². The number of hydrogen-bond donors (Lipinski definition) is 2. The van der Waals surface area contributed by atoms with Gasteiger partial charge in [-0.3, -0.25) is 0 Å². The molecule has 3 nitrogen and oxygen atoms in total. The van der Waals surface area contributed by atoms with Crippen LogP contribution < -0.4 is 10.8 Å². The molecule has 1 rings (SSSR count). The van der Waals surface area contributed by atoms with Gasteiger partial charge in [0, 0.05) is 11.8 Å². The summed E-state index contributed by atoms with van der Waals surface area (Å²) in [5.41, 5.74) is 2.25. The Morgan fingerprint density at radius 1 is 1.45 bits per heavy atom. The number of hydrazone groups is 1. The molecule has 0 aliphatic heterocycles. The minimum atomic E-state index is 0.512. The molecule has 1 fully saturated rings. The summed E-state index contributed by atoms with van der Waals surface area (Å²) >= 11 is 0. The number of nitrogens with two attached hydrogens (primary N) is 1. The predicted molar refractivity (Wildman–Crippen MR) is 46.5 cm³/mol. The maximum Gasteiger partial charge on any atom is 0.200 e. The van der Waals surface area contributed by atoms with E-state index in [1.165, 1.54) is 5.71 Å². The normalized spacial score (nSPS) is 38.8. The second-order valence-corrected chi connectivity index (χ2v) is 3.22. The molecule has 3 N–H and O–H groups in total. The Bertz CT molecular complexity index is 183. The quantitative estimate of drug-likeness (QED) is 0.346. The van der Waals surface area contributed by atoms with Crippen molar-refractivity contribution >= 4 is 11.4 Å². The fourth-order valence-electron chi connectivity index (χ4n) is 1.85. The first-order valence-corrected chi connectivity index (χ1v) is 4.03. The summed E-state index contributed by atoms with van der Waals surface area (Å²) in [7, 11) is 1.93. The summed E-state index contributed by atoms with van der Waals surface area (Å²) in [6, 6.07) is 0. The lowest BCUT2D eigenvalue weighted by Gasteiger charge is -1.96. The highest BCUT2D eigenvalue weighted by Gasteiger charge is 2.35. The van der Waals surface area contributed by atoms with Gasteiger partial charge < -0.3 is 5.84 Å². The van der Waals surface area contributed by atoms with Crippen LogP contribution in [0.5, 0.6) is 0 Å². The highest BCUT2D eigenvalue weighted by molar-refractivity contribution is 6.43. The first kappa shape index (κ1) is 8.24. The molecule has 0 aromatic heterocycles. The third-order valence-corrected chi connectivity index (χ3v) is 2.35. The zero-order valence-corrected chi connectivity index (χ0v) is 7.39. The monoisotopic (exact) mass is 154 g/mol. The average Bonchev–Trinajstić information content (AvgIpc) is 2.24. The minimum absolute atomic E-state index is 0.512. The van der Waals surface area contributed by atoms with Crippen LogP contribution in [0.4, 0.5) is 0 Å². The Morgan fingerprint density at radius 2 is 2.09 bits per heavy atom. The van der Waals surface area contributed by atoms with Gasteiger partial charge in [0.2, 0.25) is 5.71 Å². The molecule has 0 aromatic rings. The summed E-state index contributed by atoms with van der Waals surface area (Å²) in [6.07, 6.45) is 1.16. The zero-order chi connectivity index (χ0) is 8.43. The molecular weight excluding hydrogens is 138 g/mol. The van der Waals surface area contributed by atoms with E-state index >= 15 is 0 Å². The molecular formula is C8H16N3+. The summed E-state index contributed by atoms with van der Waals surface area (Å²) in [5, 5.41) is 3.79. The summed E-state index contributed by atoms with van der Waals surface area (Å²) in [4.78, 5) is 3.15. The van der Waals surface area contributed by atoms with Gasteiger partial charge in [0.25, 0.3) is 0 Å². The Labute approximate surface area is 67.4 Å². The Hall–Kier alpha value is -0.860. The SMILES string of the molecule is C[NH+]=C1C(=NN)C(C)CC1C. The molecule has 0 aromatic carbocycles. The molecule has 0 spiro atoms. The molecule has 2 atom stereocenters. The molecule has 0 bridgehead atoms. The lowest BCUT2D eigenvalue weighted by molar-refractivity contribution is -0.420. The van der Waals surface area contributed by atoms with Crippen LogP contribution in [0, 0.1) is 11.8 Å². The number of nitrogens with zero attached hydrogens (tertiary/aromatic N) is 1. The van der Waals surface area contributed by atoms with Crippen molar-refractivity contribution in [1.82, 2.24) is 0 Å². The second-order valence-electron chi connectivity index (χ2n) is 3.22. The maximum atomic E-state index is 5.28. The zero-order valence-electron chi connectivity index (χ0n) is 7.39. The van der Waals surface area contributed by atoms with Gasteiger partial charge in [-0.2, -0.15) is 5.10 Å². The van der Waals surface area contributed by atoms with Crippen molar-refractivity contribution in [1.29, 1.82) is 0 Å². The molecule has 1 saturated carbocycles. The van der Waals surface area contributed by atoms with Crippen LogP contribution in [0.25, 0.3) is 0 Å². The fraction of sp³-hybridized carbons (Fsp3) is 0.750. The number of rotatable bonds is 0. The van der Waals surface area contributed by atoms with Crippen LogP contribution in [0.15, 0.2) is 5.10 Å². The first-order chi connectivity index (χ1) is 5.20. The van der Waals surface area contributed by atoms with Gasteiger partial charge in [0.05, 0.1) is 0 Å². The highest BCUT2D eigenvalue weighted by atomic mass is 15.1. The van der Waals surface area contributed by atoms with Gasteiger partial charge >= 0.3 is 0 Å². The van der Waals surface area contributed by atoms with Crippen molar-refractivity contribution in [3.8, 4) is 0 Å². The smallest absolute Gasteiger partial charge is 0.200 e. The third kappa shape index (κ3) is 1.27. The molecule has 0 saturated heterocycles. The van der Waals surface area contributed by atoms with Crippen LogP contribution >= 0.6 is 0 Å². The molecule has 62 valence electrons. The van der Waals surface area contributed by atoms with Crippen LogP contribution in [0.2, 0.25) is 0 Å². The third-order valence-electron chi connectivity index (χ3n) is 2.35. The molecule has 1 aliphatic rings. The maximum absolute atomic E-state index is 5.28. The fourth-order valence-corrected chi connectivity index (χ4v) is 1.85. The van der Waals surface area contributed by atoms with Crippen molar-refractivity contribution in [2.24, 2.45) is 22.8 Å². The average molecular weight is 154 g/mol. The summed E-state index contributed by atoms with van der Waals surface area (Å²) < 4.78 is 0. The second kappa shape index (κ2) is 3.03. The van der Waals surface area contributed by atoms with E-state index in [1.807, 2.05) is 7.05 Å². The lowest BCUT2D eigenvalue weighted by atomic mass is 10.1. The minimum Gasteiger partial charge on any atom is -0.323 e. The predicted octanol–water partition coefficient (Wildman–Crippen LogP) is -0.872. The van der Waals surface area contributed by atoms with Crippen molar-refractivity contribution < 1.29 is 4.99 Å². The van der Waals surface area contributed by atoms with Crippen molar-refractivity contribution in [2.75, 3.05) is 7.05 Å². The Balaban J connectivity index is 2.94. The first-order valence-electron chi connectivity index (χ1n) is 4.03. The Morgan fingerprint density at radius 3 is 2.45 bits per heavy atom. The Kier molecular flexibility index (Phi) is 2.27. The van der Waals surface area contributed by atoms with Crippen molar-refractivity contribution in [3.05, 3.63) is 0 Å². The molecule has 11 heavy (non-hydrogen) atoms. The van der Waals surface area contributed by atoms with Crippen molar-refractivity contribution in [2.45, 2.75) is 20.3 Å². The highest BCUT2D eigenvalue weighted by Crippen LogP contribution is 2.23. The van der Waals surface area contributed by atoms with E-state index < -0.39 is 0 Å². The van der Waals surface area contributed by atoms with E-state index in [1.54, 1.807) is 0 Å². The molecule has 2 unspecified atom stereocenters. The van der Waals surface area contributed by atoms with E-state index in [2.05, 4.69) is 23.9 Å².